The van der Waals surface area contributed by atoms with Crippen molar-refractivity contribution in [3.05, 3.63) is 0 Å². The van der Waals surface area contributed by atoms with Crippen molar-refractivity contribution in [2.45, 2.75) is 155 Å². The largest absolute Gasteiger partial charge is 0.481 e. The quantitative estimate of drug-likeness (QED) is 0.0912. The first-order chi connectivity index (χ1) is 22.2. The van der Waals surface area contributed by atoms with E-state index in [4.69, 9.17) is 5.11 Å². The van der Waals surface area contributed by atoms with Gasteiger partial charge in [0.25, 0.3) is 0 Å². The SMILES string of the molecule is CCC[C@H](NC(=O)[C@@H](NC(=O)CCCC(=O)O)[C@@H](C)CC)C(=O)N[C@@H](CC(C)C)[C@@H](O)CC(=O)N[C@H](C(=O)NCC)C1CCCCC1. The Morgan fingerprint density at radius 3 is 2.00 bits per heavy atom. The zero-order valence-electron chi connectivity index (χ0n) is 29.4. The number of rotatable bonds is 22. The molecular formula is C34H61N5O8. The van der Waals surface area contributed by atoms with E-state index in [1.165, 1.54) is 0 Å². The maximum Gasteiger partial charge on any atom is 0.303 e. The van der Waals surface area contributed by atoms with Crippen molar-refractivity contribution in [3.63, 3.8) is 0 Å². The van der Waals surface area contributed by atoms with Gasteiger partial charge < -0.3 is 36.8 Å². The summed E-state index contributed by atoms with van der Waals surface area (Å²) in [5.74, 6) is -3.37. The van der Waals surface area contributed by atoms with E-state index in [0.717, 1.165) is 32.1 Å². The van der Waals surface area contributed by atoms with Gasteiger partial charge in [0, 0.05) is 19.4 Å². The highest BCUT2D eigenvalue weighted by atomic mass is 16.4. The molecule has 7 N–H and O–H groups in total. The van der Waals surface area contributed by atoms with Crippen molar-refractivity contribution in [1.29, 1.82) is 0 Å². The van der Waals surface area contributed by atoms with E-state index >= 15 is 0 Å². The molecule has 0 bridgehead atoms. The molecule has 270 valence electrons. The van der Waals surface area contributed by atoms with Crippen LogP contribution in [-0.2, 0) is 28.8 Å². The lowest BCUT2D eigenvalue weighted by molar-refractivity contribution is -0.137. The van der Waals surface area contributed by atoms with Crippen LogP contribution in [0.2, 0.25) is 0 Å². The van der Waals surface area contributed by atoms with Crippen molar-refractivity contribution in [3.8, 4) is 0 Å². The number of carboxylic acids is 1. The molecule has 0 radical (unpaired) electrons. The minimum absolute atomic E-state index is 0.0229. The molecule has 13 nitrogen and oxygen atoms in total. The molecule has 0 heterocycles. The van der Waals surface area contributed by atoms with E-state index in [1.54, 1.807) is 6.92 Å². The predicted molar refractivity (Wildman–Crippen MR) is 179 cm³/mol. The number of aliphatic carboxylic acids is 1. The average Bonchev–Trinajstić information content (AvgIpc) is 3.01. The number of carbonyl (C=O) groups is 6. The normalized spacial score (nSPS) is 17.4. The van der Waals surface area contributed by atoms with Crippen molar-refractivity contribution in [2.75, 3.05) is 6.54 Å². The fourth-order valence-corrected chi connectivity index (χ4v) is 5.98. The number of aliphatic hydroxyl groups excluding tert-OH is 1. The highest BCUT2D eigenvalue weighted by Gasteiger charge is 2.34. The second kappa shape index (κ2) is 22.4. The van der Waals surface area contributed by atoms with Crippen molar-refractivity contribution < 1.29 is 39.0 Å². The highest BCUT2D eigenvalue weighted by Crippen LogP contribution is 2.27. The standard InChI is InChI=1S/C34H61N5O8/c1-7-14-24(36-34(47)30(22(6)8-2)38-27(41)17-13-18-29(43)44)32(45)37-25(19-21(4)5)26(40)20-28(42)39-31(33(46)35-9-3)23-15-11-10-12-16-23/h21-26,30-31,40H,7-20H2,1-6H3,(H,35,46)(H,36,47)(H,37,45)(H,38,41)(H,39,42)(H,43,44)/t22-,24-,25-,26-,30-,31-/m0/s1. The Morgan fingerprint density at radius 2 is 1.45 bits per heavy atom. The van der Waals surface area contributed by atoms with Gasteiger partial charge in [-0.05, 0) is 56.8 Å². The summed E-state index contributed by atoms with van der Waals surface area (Å²) in [4.78, 5) is 76.2. The van der Waals surface area contributed by atoms with Gasteiger partial charge in [0.1, 0.15) is 18.1 Å². The van der Waals surface area contributed by atoms with Crippen LogP contribution in [0.1, 0.15) is 125 Å². The van der Waals surface area contributed by atoms with Gasteiger partial charge in [-0.3, -0.25) is 28.8 Å². The second-order valence-corrected chi connectivity index (χ2v) is 13.4. The number of carbonyl (C=O) groups excluding carboxylic acids is 5. The van der Waals surface area contributed by atoms with E-state index in [2.05, 4.69) is 26.6 Å². The number of carboxylic acid groups (broad SMARTS) is 1. The zero-order chi connectivity index (χ0) is 35.5. The summed E-state index contributed by atoms with van der Waals surface area (Å²) in [6, 6.07) is -3.35. The molecule has 0 aliphatic heterocycles. The Balaban J connectivity index is 3.00. The van der Waals surface area contributed by atoms with Crippen molar-refractivity contribution in [1.82, 2.24) is 26.6 Å². The molecule has 13 heteroatoms. The van der Waals surface area contributed by atoms with E-state index in [-0.39, 0.29) is 49.3 Å². The molecule has 6 atom stereocenters. The van der Waals surface area contributed by atoms with Gasteiger partial charge in [0.05, 0.1) is 18.6 Å². The number of aliphatic hydroxyl groups is 1. The fourth-order valence-electron chi connectivity index (χ4n) is 5.98. The molecule has 1 aliphatic carbocycles. The molecule has 0 unspecified atom stereocenters. The van der Waals surface area contributed by atoms with E-state index in [1.807, 2.05) is 34.6 Å². The zero-order valence-corrected chi connectivity index (χ0v) is 29.4. The van der Waals surface area contributed by atoms with Crippen molar-refractivity contribution >= 4 is 35.5 Å². The lowest BCUT2D eigenvalue weighted by Gasteiger charge is -2.31. The van der Waals surface area contributed by atoms with E-state index in [0.29, 0.717) is 32.2 Å². The molecule has 0 aromatic carbocycles. The van der Waals surface area contributed by atoms with E-state index in [9.17, 15) is 33.9 Å². The lowest BCUT2D eigenvalue weighted by atomic mass is 9.83. The molecular weight excluding hydrogens is 606 g/mol. The van der Waals surface area contributed by atoms with Gasteiger partial charge in [-0.15, -0.1) is 0 Å². The molecule has 0 aromatic rings. The van der Waals surface area contributed by atoms with Gasteiger partial charge in [-0.2, -0.15) is 0 Å². The van der Waals surface area contributed by atoms with Crippen LogP contribution in [0.15, 0.2) is 0 Å². The Morgan fingerprint density at radius 1 is 0.787 bits per heavy atom. The smallest absolute Gasteiger partial charge is 0.303 e. The average molecular weight is 668 g/mol. The Bertz CT molecular complexity index is 1020. The topological polar surface area (TPSA) is 203 Å². The Kier molecular flexibility index (Phi) is 19.9. The summed E-state index contributed by atoms with van der Waals surface area (Å²) in [5, 5.41) is 34.0. The van der Waals surface area contributed by atoms with Crippen LogP contribution in [0, 0.1) is 17.8 Å². The number of hydrogen-bond donors (Lipinski definition) is 7. The van der Waals surface area contributed by atoms with Crippen molar-refractivity contribution in [2.24, 2.45) is 17.8 Å². The summed E-state index contributed by atoms with van der Waals surface area (Å²) in [5.41, 5.74) is 0. The van der Waals surface area contributed by atoms with Gasteiger partial charge in [-0.25, -0.2) is 0 Å². The van der Waals surface area contributed by atoms with Crippen LogP contribution < -0.4 is 26.6 Å². The second-order valence-electron chi connectivity index (χ2n) is 13.4. The summed E-state index contributed by atoms with van der Waals surface area (Å²) in [6.45, 7) is 11.7. The fraction of sp³-hybridized carbons (Fsp3) is 0.824. The number of nitrogens with one attached hydrogen (secondary N) is 5. The third-order valence-corrected chi connectivity index (χ3v) is 8.80. The van der Waals surface area contributed by atoms with Crippen LogP contribution >= 0.6 is 0 Å². The molecule has 47 heavy (non-hydrogen) atoms. The van der Waals surface area contributed by atoms with Gasteiger partial charge in [0.15, 0.2) is 0 Å². The third-order valence-electron chi connectivity index (χ3n) is 8.80. The molecule has 0 aromatic heterocycles. The monoisotopic (exact) mass is 667 g/mol. The van der Waals surface area contributed by atoms with E-state index < -0.39 is 59.9 Å². The number of hydrogen-bond acceptors (Lipinski definition) is 7. The minimum Gasteiger partial charge on any atom is -0.481 e. The van der Waals surface area contributed by atoms with Crippen LogP contribution in [0.25, 0.3) is 0 Å². The predicted octanol–water partition coefficient (Wildman–Crippen LogP) is 2.54. The molecule has 1 aliphatic rings. The Labute approximate surface area is 280 Å². The van der Waals surface area contributed by atoms with Crippen LogP contribution in [0.5, 0.6) is 0 Å². The number of likely N-dealkylation sites (N-methyl/N-ethyl adjacent to an activating group) is 1. The lowest BCUT2D eigenvalue weighted by Crippen LogP contribution is -2.58. The third kappa shape index (κ3) is 16.0. The molecule has 0 saturated heterocycles. The van der Waals surface area contributed by atoms with Gasteiger partial charge in [0.2, 0.25) is 29.5 Å². The summed E-state index contributed by atoms with van der Waals surface area (Å²) in [7, 11) is 0. The molecule has 1 saturated carbocycles. The minimum atomic E-state index is -1.24. The molecule has 1 fully saturated rings. The van der Waals surface area contributed by atoms with Gasteiger partial charge >= 0.3 is 5.97 Å². The maximum atomic E-state index is 13.6. The highest BCUT2D eigenvalue weighted by molar-refractivity contribution is 5.92. The molecule has 1 rings (SSSR count). The van der Waals surface area contributed by atoms with Crippen LogP contribution in [-0.4, -0.2) is 82.5 Å². The van der Waals surface area contributed by atoms with Gasteiger partial charge in [-0.1, -0.05) is 66.7 Å². The maximum absolute atomic E-state index is 13.6. The van der Waals surface area contributed by atoms with Crippen LogP contribution in [0.3, 0.4) is 0 Å². The number of amides is 5. The molecule has 0 spiro atoms. The summed E-state index contributed by atoms with van der Waals surface area (Å²) in [6.07, 6.45) is 4.97. The first-order valence-electron chi connectivity index (χ1n) is 17.6. The Hall–Kier alpha value is -3.22. The van der Waals surface area contributed by atoms with Crippen LogP contribution in [0.4, 0.5) is 0 Å². The molecule has 5 amide bonds. The first kappa shape index (κ1) is 41.8. The summed E-state index contributed by atoms with van der Waals surface area (Å²) < 4.78 is 0. The first-order valence-corrected chi connectivity index (χ1v) is 17.6. The summed E-state index contributed by atoms with van der Waals surface area (Å²) >= 11 is 0.